The zero-order valence-corrected chi connectivity index (χ0v) is 12.2. The molecule has 0 radical (unpaired) electrons. The summed E-state index contributed by atoms with van der Waals surface area (Å²) in [7, 11) is 0.912. The Morgan fingerprint density at radius 1 is 1.42 bits per heavy atom. The third-order valence-electron chi connectivity index (χ3n) is 3.51. The number of benzene rings is 1. The van der Waals surface area contributed by atoms with Gasteiger partial charge >= 0.3 is 0 Å². The Labute approximate surface area is 116 Å². The molecule has 1 N–H and O–H groups in total. The summed E-state index contributed by atoms with van der Waals surface area (Å²) in [5, 5.41) is 3.14. The van der Waals surface area contributed by atoms with Crippen molar-refractivity contribution in [1.29, 1.82) is 0 Å². The predicted octanol–water partition coefficient (Wildman–Crippen LogP) is 1.25. The second-order valence-electron chi connectivity index (χ2n) is 4.83. The van der Waals surface area contributed by atoms with Gasteiger partial charge in [0.25, 0.3) is 5.91 Å². The van der Waals surface area contributed by atoms with Crippen molar-refractivity contribution in [1.82, 2.24) is 10.2 Å². The molecule has 2 rings (SSSR count). The van der Waals surface area contributed by atoms with Crippen molar-refractivity contribution in [2.45, 2.75) is 23.8 Å². The number of nitrogens with one attached hydrogen (secondary N) is 1. The summed E-state index contributed by atoms with van der Waals surface area (Å²) in [4.78, 5) is 15.1. The smallest absolute Gasteiger partial charge is 0.254 e. The molecule has 104 valence electrons. The highest BCUT2D eigenvalue weighted by Gasteiger charge is 2.28. The first kappa shape index (κ1) is 14.2. The minimum absolute atomic E-state index is 0.0752. The average molecular weight is 280 g/mol. The second kappa shape index (κ2) is 6.30. The van der Waals surface area contributed by atoms with Gasteiger partial charge in [-0.2, -0.15) is 0 Å². The molecule has 1 saturated heterocycles. The Kier molecular flexibility index (Phi) is 4.71. The summed E-state index contributed by atoms with van der Waals surface area (Å²) in [5.41, 5.74) is 0.678. The van der Waals surface area contributed by atoms with E-state index in [2.05, 4.69) is 5.32 Å². The lowest BCUT2D eigenvalue weighted by molar-refractivity contribution is 0.0737. The number of hydrogen-bond donors (Lipinski definition) is 1. The third-order valence-corrected chi connectivity index (χ3v) is 4.45. The van der Waals surface area contributed by atoms with Crippen LogP contribution in [0, 0.1) is 0 Å². The van der Waals surface area contributed by atoms with Gasteiger partial charge in [-0.15, -0.1) is 0 Å². The molecule has 4 nitrogen and oxygen atoms in total. The van der Waals surface area contributed by atoms with Crippen LogP contribution in [0.5, 0.6) is 0 Å². The van der Waals surface area contributed by atoms with Gasteiger partial charge in [0.2, 0.25) is 0 Å². The molecule has 1 aliphatic heterocycles. The number of likely N-dealkylation sites (tertiary alicyclic amines) is 1. The predicted molar refractivity (Wildman–Crippen MR) is 76.8 cm³/mol. The highest BCUT2D eigenvalue weighted by Crippen LogP contribution is 2.20. The van der Waals surface area contributed by atoms with E-state index in [0.29, 0.717) is 5.56 Å². The minimum atomic E-state index is -0.997. The molecular weight excluding hydrogens is 260 g/mol. The SMILES string of the molecule is CNC[C@@H]1CCCN1C(=O)c1ccc([S@](C)=O)cc1. The summed E-state index contributed by atoms with van der Waals surface area (Å²) < 4.78 is 11.3. The summed E-state index contributed by atoms with van der Waals surface area (Å²) in [6, 6.07) is 7.37. The Morgan fingerprint density at radius 3 is 2.68 bits per heavy atom. The normalized spacial score (nSPS) is 20.5. The van der Waals surface area contributed by atoms with Crippen LogP contribution in [0.3, 0.4) is 0 Å². The third kappa shape index (κ3) is 3.22. The van der Waals surface area contributed by atoms with Crippen LogP contribution in [0.2, 0.25) is 0 Å². The van der Waals surface area contributed by atoms with E-state index >= 15 is 0 Å². The average Bonchev–Trinajstić information content (AvgIpc) is 2.87. The minimum Gasteiger partial charge on any atom is -0.334 e. The van der Waals surface area contributed by atoms with E-state index in [1.807, 2.05) is 11.9 Å². The van der Waals surface area contributed by atoms with Crippen LogP contribution in [-0.2, 0) is 10.8 Å². The van der Waals surface area contributed by atoms with Gasteiger partial charge in [-0.1, -0.05) is 0 Å². The van der Waals surface area contributed by atoms with Crippen LogP contribution in [0.1, 0.15) is 23.2 Å². The van der Waals surface area contributed by atoms with Crippen molar-refractivity contribution in [3.05, 3.63) is 29.8 Å². The van der Waals surface area contributed by atoms with Crippen LogP contribution in [0.15, 0.2) is 29.2 Å². The molecule has 0 aliphatic carbocycles. The maximum Gasteiger partial charge on any atom is 0.254 e. The van der Waals surface area contributed by atoms with E-state index < -0.39 is 10.8 Å². The van der Waals surface area contributed by atoms with E-state index in [1.54, 1.807) is 30.5 Å². The molecule has 0 saturated carbocycles. The molecule has 1 aromatic rings. The zero-order chi connectivity index (χ0) is 13.8. The fourth-order valence-corrected chi connectivity index (χ4v) is 3.03. The lowest BCUT2D eigenvalue weighted by Crippen LogP contribution is -2.40. The summed E-state index contributed by atoms with van der Waals surface area (Å²) in [5.74, 6) is 0.0752. The van der Waals surface area contributed by atoms with Crippen LogP contribution < -0.4 is 5.32 Å². The van der Waals surface area contributed by atoms with E-state index in [4.69, 9.17) is 0 Å². The standard InChI is InChI=1S/C14H20N2O2S/c1-15-10-12-4-3-9-16(12)14(17)11-5-7-13(8-6-11)19(2)18/h5-8,12,15H,3-4,9-10H2,1-2H3/t12-,19-/m0/s1. The van der Waals surface area contributed by atoms with Gasteiger partial charge in [-0.3, -0.25) is 9.00 Å². The van der Waals surface area contributed by atoms with Crippen molar-refractivity contribution in [3.63, 3.8) is 0 Å². The van der Waals surface area contributed by atoms with E-state index in [9.17, 15) is 9.00 Å². The maximum absolute atomic E-state index is 12.4. The van der Waals surface area contributed by atoms with Crippen molar-refractivity contribution < 1.29 is 9.00 Å². The van der Waals surface area contributed by atoms with Gasteiger partial charge in [0, 0.05) is 46.6 Å². The van der Waals surface area contributed by atoms with Gasteiger partial charge in [0.1, 0.15) is 0 Å². The molecule has 0 bridgehead atoms. The van der Waals surface area contributed by atoms with Gasteiger partial charge in [-0.05, 0) is 44.2 Å². The Bertz CT molecular complexity index is 473. The first-order chi connectivity index (χ1) is 9.13. The molecule has 0 spiro atoms. The molecule has 5 heteroatoms. The zero-order valence-electron chi connectivity index (χ0n) is 11.4. The topological polar surface area (TPSA) is 49.4 Å². The Morgan fingerprint density at radius 2 is 2.11 bits per heavy atom. The highest BCUT2D eigenvalue weighted by atomic mass is 32.2. The van der Waals surface area contributed by atoms with Crippen LogP contribution in [0.4, 0.5) is 0 Å². The molecule has 1 amide bonds. The van der Waals surface area contributed by atoms with Gasteiger partial charge in [0.05, 0.1) is 0 Å². The van der Waals surface area contributed by atoms with Crippen molar-refractivity contribution in [3.8, 4) is 0 Å². The Balaban J connectivity index is 2.12. The fraction of sp³-hybridized carbons (Fsp3) is 0.500. The number of carbonyl (C=O) groups excluding carboxylic acids is 1. The lowest BCUT2D eigenvalue weighted by atomic mass is 10.1. The monoisotopic (exact) mass is 280 g/mol. The number of nitrogens with zero attached hydrogens (tertiary/aromatic N) is 1. The van der Waals surface area contributed by atoms with Crippen LogP contribution in [0.25, 0.3) is 0 Å². The van der Waals surface area contributed by atoms with Crippen molar-refractivity contribution in [2.75, 3.05) is 26.4 Å². The number of amides is 1. The van der Waals surface area contributed by atoms with Crippen LogP contribution >= 0.6 is 0 Å². The van der Waals surface area contributed by atoms with E-state index in [-0.39, 0.29) is 11.9 Å². The quantitative estimate of drug-likeness (QED) is 0.903. The molecule has 1 heterocycles. The fourth-order valence-electron chi connectivity index (χ4n) is 2.51. The lowest BCUT2D eigenvalue weighted by Gasteiger charge is -2.24. The molecule has 1 aromatic carbocycles. The number of carbonyl (C=O) groups is 1. The summed E-state index contributed by atoms with van der Waals surface area (Å²) >= 11 is 0. The summed E-state index contributed by atoms with van der Waals surface area (Å²) in [6.07, 6.45) is 3.76. The molecule has 0 aromatic heterocycles. The van der Waals surface area contributed by atoms with Gasteiger partial charge in [0.15, 0.2) is 0 Å². The number of likely N-dealkylation sites (N-methyl/N-ethyl adjacent to an activating group) is 1. The first-order valence-electron chi connectivity index (χ1n) is 6.52. The van der Waals surface area contributed by atoms with Crippen molar-refractivity contribution >= 4 is 16.7 Å². The van der Waals surface area contributed by atoms with E-state index in [1.165, 1.54) is 0 Å². The van der Waals surface area contributed by atoms with Crippen molar-refractivity contribution in [2.24, 2.45) is 0 Å². The molecule has 19 heavy (non-hydrogen) atoms. The molecular formula is C14H20N2O2S. The van der Waals surface area contributed by atoms with Crippen LogP contribution in [-0.4, -0.2) is 47.5 Å². The first-order valence-corrected chi connectivity index (χ1v) is 8.08. The maximum atomic E-state index is 12.4. The number of hydrogen-bond acceptors (Lipinski definition) is 3. The molecule has 2 atom stereocenters. The number of rotatable bonds is 4. The van der Waals surface area contributed by atoms with Gasteiger partial charge < -0.3 is 10.2 Å². The largest absolute Gasteiger partial charge is 0.334 e. The second-order valence-corrected chi connectivity index (χ2v) is 6.21. The van der Waals surface area contributed by atoms with E-state index in [0.717, 1.165) is 30.8 Å². The molecule has 1 aliphatic rings. The summed E-state index contributed by atoms with van der Waals surface area (Å²) in [6.45, 7) is 1.66. The molecule has 1 fully saturated rings. The van der Waals surface area contributed by atoms with Gasteiger partial charge in [-0.25, -0.2) is 0 Å². The molecule has 0 unspecified atom stereocenters. The Hall–Kier alpha value is -1.20. The highest BCUT2D eigenvalue weighted by molar-refractivity contribution is 7.84.